The van der Waals surface area contributed by atoms with Crippen LogP contribution in [-0.2, 0) is 14.3 Å². The third-order valence-electron chi connectivity index (χ3n) is 6.84. The topological polar surface area (TPSA) is 116 Å². The number of carboxylic acids is 1. The minimum absolute atomic E-state index is 0.0152. The van der Waals surface area contributed by atoms with E-state index >= 15 is 0 Å². The van der Waals surface area contributed by atoms with Crippen LogP contribution in [0.1, 0.15) is 49.7 Å². The highest BCUT2D eigenvalue weighted by atomic mass is 16.5. The van der Waals surface area contributed by atoms with Crippen molar-refractivity contribution in [2.75, 3.05) is 19.7 Å². The number of aliphatic hydroxyl groups is 1. The molecule has 2 aromatic rings. The lowest BCUT2D eigenvalue weighted by Crippen LogP contribution is -2.51. The second kappa shape index (κ2) is 9.85. The van der Waals surface area contributed by atoms with Crippen molar-refractivity contribution in [3.05, 3.63) is 59.7 Å². The zero-order chi connectivity index (χ0) is 24.3. The molecule has 1 fully saturated rings. The number of hydrogen-bond donors (Lipinski definition) is 3. The molecule has 8 heteroatoms. The maximum absolute atomic E-state index is 12.5. The van der Waals surface area contributed by atoms with Crippen molar-refractivity contribution in [2.45, 2.75) is 50.2 Å². The number of hydrogen-bond acceptors (Lipinski definition) is 5. The van der Waals surface area contributed by atoms with Gasteiger partial charge >= 0.3 is 12.1 Å². The lowest BCUT2D eigenvalue weighted by Gasteiger charge is -2.35. The Balaban J connectivity index is 1.23. The van der Waals surface area contributed by atoms with Crippen LogP contribution < -0.4 is 5.32 Å². The van der Waals surface area contributed by atoms with E-state index in [1.807, 2.05) is 31.2 Å². The van der Waals surface area contributed by atoms with Gasteiger partial charge in [0.1, 0.15) is 6.61 Å². The summed E-state index contributed by atoms with van der Waals surface area (Å²) in [5, 5.41) is 21.9. The molecule has 1 atom stereocenters. The molecule has 8 nitrogen and oxygen atoms in total. The molecule has 2 amide bonds. The first kappa shape index (κ1) is 23.8. The molecule has 2 aromatic carbocycles. The number of aliphatic carboxylic acids is 1. The second-order valence-electron chi connectivity index (χ2n) is 9.13. The van der Waals surface area contributed by atoms with E-state index in [0.29, 0.717) is 6.42 Å². The molecule has 34 heavy (non-hydrogen) atoms. The van der Waals surface area contributed by atoms with E-state index in [1.54, 1.807) is 4.90 Å². The second-order valence-corrected chi connectivity index (χ2v) is 9.13. The van der Waals surface area contributed by atoms with Crippen molar-refractivity contribution in [3.63, 3.8) is 0 Å². The van der Waals surface area contributed by atoms with Crippen LogP contribution in [0.3, 0.4) is 0 Å². The van der Waals surface area contributed by atoms with Gasteiger partial charge in [-0.25, -0.2) is 9.59 Å². The fourth-order valence-electron chi connectivity index (χ4n) is 4.75. The van der Waals surface area contributed by atoms with Gasteiger partial charge < -0.3 is 25.2 Å². The summed E-state index contributed by atoms with van der Waals surface area (Å²) in [5.74, 6) is -1.38. The summed E-state index contributed by atoms with van der Waals surface area (Å²) in [6.07, 6.45) is 0.161. The Labute approximate surface area is 198 Å². The average Bonchev–Trinajstić information content (AvgIpc) is 3.15. The first-order valence-corrected chi connectivity index (χ1v) is 11.6. The van der Waals surface area contributed by atoms with Gasteiger partial charge in [0.05, 0.1) is 0 Å². The molecule has 0 aromatic heterocycles. The number of ether oxygens (including phenoxy) is 1. The summed E-state index contributed by atoms with van der Waals surface area (Å²) >= 11 is 0. The molecule has 1 aliphatic carbocycles. The highest BCUT2D eigenvalue weighted by molar-refractivity contribution is 5.80. The number of amides is 2. The van der Waals surface area contributed by atoms with Gasteiger partial charge in [-0.3, -0.25) is 4.79 Å². The van der Waals surface area contributed by atoms with Crippen LogP contribution in [0.5, 0.6) is 0 Å². The number of rotatable bonds is 7. The lowest BCUT2D eigenvalue weighted by atomic mass is 9.91. The molecular formula is C26H30N2O6. The summed E-state index contributed by atoms with van der Waals surface area (Å²) in [6, 6.07) is 16.0. The van der Waals surface area contributed by atoms with Gasteiger partial charge in [0.25, 0.3) is 0 Å². The van der Waals surface area contributed by atoms with Crippen LogP contribution in [0.15, 0.2) is 48.5 Å². The van der Waals surface area contributed by atoms with Gasteiger partial charge in [-0.1, -0.05) is 48.5 Å². The summed E-state index contributed by atoms with van der Waals surface area (Å²) < 4.78 is 5.55. The van der Waals surface area contributed by atoms with Crippen LogP contribution in [0.2, 0.25) is 0 Å². The summed E-state index contributed by atoms with van der Waals surface area (Å²) in [7, 11) is 0. The highest BCUT2D eigenvalue weighted by Gasteiger charge is 2.40. The Morgan fingerprint density at radius 1 is 1.06 bits per heavy atom. The third-order valence-corrected chi connectivity index (χ3v) is 6.84. The number of carbonyl (C=O) groups excluding carboxylic acids is 2. The van der Waals surface area contributed by atoms with Gasteiger partial charge in [0.15, 0.2) is 5.60 Å². The quantitative estimate of drug-likeness (QED) is 0.577. The van der Waals surface area contributed by atoms with Crippen LogP contribution in [0.4, 0.5) is 4.79 Å². The smallest absolute Gasteiger partial charge is 0.407 e. The average molecular weight is 467 g/mol. The molecule has 0 saturated carbocycles. The molecule has 2 aliphatic rings. The molecule has 4 rings (SSSR count). The summed E-state index contributed by atoms with van der Waals surface area (Å²) in [6.45, 7) is 2.45. The van der Waals surface area contributed by atoms with E-state index < -0.39 is 17.7 Å². The van der Waals surface area contributed by atoms with Crippen molar-refractivity contribution < 1.29 is 29.3 Å². The van der Waals surface area contributed by atoms with E-state index in [4.69, 9.17) is 9.84 Å². The monoisotopic (exact) mass is 466 g/mol. The number of piperidine rings is 1. The molecule has 0 bridgehead atoms. The van der Waals surface area contributed by atoms with Crippen molar-refractivity contribution in [3.8, 4) is 11.1 Å². The number of carbonyl (C=O) groups is 3. The van der Waals surface area contributed by atoms with Gasteiger partial charge in [-0.2, -0.15) is 0 Å². The summed E-state index contributed by atoms with van der Waals surface area (Å²) in [5.41, 5.74) is 2.87. The Kier molecular flexibility index (Phi) is 6.88. The van der Waals surface area contributed by atoms with E-state index in [0.717, 1.165) is 11.1 Å². The molecule has 1 heterocycles. The fourth-order valence-corrected chi connectivity index (χ4v) is 4.75. The maximum Gasteiger partial charge on any atom is 0.407 e. The number of fused-ring (bicyclic) bond motifs is 3. The minimum Gasteiger partial charge on any atom is -0.479 e. The van der Waals surface area contributed by atoms with Crippen molar-refractivity contribution >= 4 is 18.0 Å². The molecule has 0 radical (unpaired) electrons. The zero-order valence-electron chi connectivity index (χ0n) is 19.2. The Morgan fingerprint density at radius 2 is 1.62 bits per heavy atom. The predicted molar refractivity (Wildman–Crippen MR) is 125 cm³/mol. The number of nitrogens with one attached hydrogen (secondary N) is 1. The van der Waals surface area contributed by atoms with Crippen LogP contribution in [0.25, 0.3) is 11.1 Å². The number of likely N-dealkylation sites (tertiary alicyclic amines) is 1. The molecule has 1 unspecified atom stereocenters. The predicted octanol–water partition coefficient (Wildman–Crippen LogP) is 3.13. The standard InChI is InChI=1S/C26H30N2O6/c1-17(10-11-23(29)28-14-12-26(33,13-15-28)24(30)31)27-25(32)34-16-22-20-8-4-2-6-18(20)19-7-3-5-9-21(19)22/h2-9,17,22,33H,10-16H2,1H3,(H,27,32)(H,30,31). The largest absolute Gasteiger partial charge is 0.479 e. The number of nitrogens with zero attached hydrogens (tertiary/aromatic N) is 1. The molecule has 0 spiro atoms. The lowest BCUT2D eigenvalue weighted by molar-refractivity contribution is -0.165. The maximum atomic E-state index is 12.5. The van der Waals surface area contributed by atoms with E-state index in [-0.39, 0.29) is 56.8 Å². The van der Waals surface area contributed by atoms with Crippen molar-refractivity contribution in [2.24, 2.45) is 0 Å². The summed E-state index contributed by atoms with van der Waals surface area (Å²) in [4.78, 5) is 37.5. The SMILES string of the molecule is CC(CCC(=O)N1CCC(O)(C(=O)O)CC1)NC(=O)OCC1c2ccccc2-c2ccccc21. The molecular weight excluding hydrogens is 436 g/mol. The van der Waals surface area contributed by atoms with Crippen LogP contribution >= 0.6 is 0 Å². The van der Waals surface area contributed by atoms with Crippen LogP contribution in [-0.4, -0.2) is 64.4 Å². The molecule has 3 N–H and O–H groups in total. The number of benzene rings is 2. The first-order chi connectivity index (χ1) is 16.3. The van der Waals surface area contributed by atoms with E-state index in [2.05, 4.69) is 29.6 Å². The van der Waals surface area contributed by atoms with Crippen molar-refractivity contribution in [1.82, 2.24) is 10.2 Å². The Bertz CT molecular complexity index is 1030. The number of alkyl carbamates (subject to hydrolysis) is 1. The first-order valence-electron chi connectivity index (χ1n) is 11.6. The Hall–Kier alpha value is -3.39. The van der Waals surface area contributed by atoms with E-state index in [1.165, 1.54) is 11.1 Å². The van der Waals surface area contributed by atoms with Gasteiger partial charge in [0, 0.05) is 44.3 Å². The molecule has 1 aliphatic heterocycles. The Morgan fingerprint density at radius 3 is 2.18 bits per heavy atom. The van der Waals surface area contributed by atoms with E-state index in [9.17, 15) is 19.5 Å². The zero-order valence-corrected chi connectivity index (χ0v) is 19.2. The normalized spacial score (nSPS) is 17.4. The fraction of sp³-hybridized carbons (Fsp3) is 0.423. The van der Waals surface area contributed by atoms with Crippen LogP contribution in [0, 0.1) is 0 Å². The minimum atomic E-state index is -1.75. The third kappa shape index (κ3) is 4.92. The number of carboxylic acid groups (broad SMARTS) is 1. The molecule has 1 saturated heterocycles. The van der Waals surface area contributed by atoms with Gasteiger partial charge in [-0.05, 0) is 35.6 Å². The van der Waals surface area contributed by atoms with Gasteiger partial charge in [-0.15, -0.1) is 0 Å². The van der Waals surface area contributed by atoms with Gasteiger partial charge in [0.2, 0.25) is 5.91 Å². The highest BCUT2D eigenvalue weighted by Crippen LogP contribution is 2.44. The molecule has 180 valence electrons. The van der Waals surface area contributed by atoms with Crippen molar-refractivity contribution in [1.29, 1.82) is 0 Å².